The molecule has 0 radical (unpaired) electrons. The van der Waals surface area contributed by atoms with Crippen molar-refractivity contribution in [3.63, 3.8) is 0 Å². The van der Waals surface area contributed by atoms with E-state index in [0.717, 1.165) is 11.3 Å². The van der Waals surface area contributed by atoms with Crippen LogP contribution in [0.15, 0.2) is 29.4 Å². The van der Waals surface area contributed by atoms with Crippen molar-refractivity contribution in [2.45, 2.75) is 11.3 Å². The normalized spacial score (nSPS) is 12.4. The summed E-state index contributed by atoms with van der Waals surface area (Å²) in [7, 11) is 3.39. The number of benzene rings is 1. The van der Waals surface area contributed by atoms with Crippen LogP contribution >= 0.6 is 11.8 Å². The summed E-state index contributed by atoms with van der Waals surface area (Å²) in [5.41, 5.74) is 6.40. The molecule has 0 spiro atoms. The van der Waals surface area contributed by atoms with Crippen LogP contribution in [0.3, 0.4) is 0 Å². The number of nitrogen functional groups attached to an aromatic ring is 1. The first-order valence-electron chi connectivity index (χ1n) is 5.71. The molecule has 0 saturated carbocycles. The summed E-state index contributed by atoms with van der Waals surface area (Å²) in [5.74, 6) is 1.56. The first-order valence-corrected chi connectivity index (χ1v) is 6.70. The monoisotopic (exact) mass is 280 g/mol. The Hall–Kier alpha value is -1.73. The van der Waals surface area contributed by atoms with Gasteiger partial charge in [0.2, 0.25) is 5.95 Å². The molecule has 3 N–H and O–H groups in total. The number of rotatable bonds is 5. The number of hydrogen-bond acceptors (Lipinski definition) is 6. The van der Waals surface area contributed by atoms with Gasteiger partial charge in [-0.05, 0) is 17.7 Å². The quantitative estimate of drug-likeness (QED) is 0.801. The van der Waals surface area contributed by atoms with Crippen LogP contribution in [-0.4, -0.2) is 32.7 Å². The number of methoxy groups -OCH3 is 1. The summed E-state index contributed by atoms with van der Waals surface area (Å²) in [6.07, 6.45) is -0.599. The lowest BCUT2D eigenvalue weighted by atomic mass is 10.1. The van der Waals surface area contributed by atoms with Gasteiger partial charge in [-0.2, -0.15) is 0 Å². The third-order valence-corrected chi connectivity index (χ3v) is 3.81. The molecule has 0 bridgehead atoms. The molecule has 1 heterocycles. The van der Waals surface area contributed by atoms with E-state index in [0.29, 0.717) is 16.9 Å². The van der Waals surface area contributed by atoms with Gasteiger partial charge in [-0.15, -0.1) is 10.2 Å². The molecule has 1 aromatic carbocycles. The lowest BCUT2D eigenvalue weighted by Crippen LogP contribution is -2.03. The molecule has 2 aromatic rings. The van der Waals surface area contributed by atoms with Gasteiger partial charge in [0.1, 0.15) is 5.75 Å². The molecule has 19 heavy (non-hydrogen) atoms. The van der Waals surface area contributed by atoms with Gasteiger partial charge in [-0.3, -0.25) is 4.57 Å². The van der Waals surface area contributed by atoms with Gasteiger partial charge in [-0.25, -0.2) is 0 Å². The molecule has 0 aliphatic rings. The fourth-order valence-corrected chi connectivity index (χ4v) is 2.44. The van der Waals surface area contributed by atoms with Gasteiger partial charge in [-0.1, -0.05) is 23.9 Å². The van der Waals surface area contributed by atoms with Crippen LogP contribution in [0.5, 0.6) is 5.75 Å². The number of nitrogens with zero attached hydrogens (tertiary/aromatic N) is 3. The number of nitrogens with two attached hydrogens (primary N) is 1. The zero-order valence-corrected chi connectivity index (χ0v) is 11.6. The van der Waals surface area contributed by atoms with E-state index in [1.807, 2.05) is 24.3 Å². The zero-order valence-electron chi connectivity index (χ0n) is 10.8. The van der Waals surface area contributed by atoms with Crippen molar-refractivity contribution in [1.29, 1.82) is 0 Å². The standard InChI is InChI=1S/C12H16N4O2S/c1-16-11(13)14-15-12(16)19-7-10(17)8-4-3-5-9(6-8)18-2/h3-6,10,17H,7H2,1-2H3,(H2,13,14). The Labute approximate surface area is 115 Å². The van der Waals surface area contributed by atoms with Crippen LogP contribution < -0.4 is 10.5 Å². The minimum Gasteiger partial charge on any atom is -0.497 e. The number of hydrogen-bond donors (Lipinski definition) is 2. The highest BCUT2D eigenvalue weighted by Crippen LogP contribution is 2.25. The molecular formula is C12H16N4O2S. The molecule has 0 aliphatic carbocycles. The minimum atomic E-state index is -0.599. The van der Waals surface area contributed by atoms with Crippen molar-refractivity contribution in [3.05, 3.63) is 29.8 Å². The van der Waals surface area contributed by atoms with Crippen molar-refractivity contribution < 1.29 is 9.84 Å². The highest BCUT2D eigenvalue weighted by atomic mass is 32.2. The SMILES string of the molecule is COc1cccc(C(O)CSc2nnc(N)n2C)c1. The van der Waals surface area contributed by atoms with E-state index in [1.165, 1.54) is 11.8 Å². The highest BCUT2D eigenvalue weighted by molar-refractivity contribution is 7.99. The molecule has 0 saturated heterocycles. The highest BCUT2D eigenvalue weighted by Gasteiger charge is 2.12. The van der Waals surface area contributed by atoms with E-state index in [2.05, 4.69) is 10.2 Å². The Morgan fingerprint density at radius 2 is 2.26 bits per heavy atom. The number of ether oxygens (including phenoxy) is 1. The second kappa shape index (κ2) is 5.94. The molecule has 1 unspecified atom stereocenters. The van der Waals surface area contributed by atoms with E-state index in [-0.39, 0.29) is 0 Å². The predicted octanol–water partition coefficient (Wildman–Crippen LogP) is 1.23. The fraction of sp³-hybridized carbons (Fsp3) is 0.333. The summed E-state index contributed by atoms with van der Waals surface area (Å²) < 4.78 is 6.81. The third-order valence-electron chi connectivity index (χ3n) is 2.72. The van der Waals surface area contributed by atoms with Crippen LogP contribution in [0.25, 0.3) is 0 Å². The summed E-state index contributed by atoms with van der Waals surface area (Å²) in [6.45, 7) is 0. The molecule has 1 atom stereocenters. The average molecular weight is 280 g/mol. The maximum Gasteiger partial charge on any atom is 0.222 e. The fourth-order valence-electron chi connectivity index (χ4n) is 1.55. The number of anilines is 1. The average Bonchev–Trinajstić information content (AvgIpc) is 2.76. The Morgan fingerprint density at radius 1 is 1.47 bits per heavy atom. The lowest BCUT2D eigenvalue weighted by Gasteiger charge is -2.11. The molecule has 0 amide bonds. The first-order chi connectivity index (χ1) is 9.11. The van der Waals surface area contributed by atoms with E-state index in [9.17, 15) is 5.11 Å². The smallest absolute Gasteiger partial charge is 0.222 e. The predicted molar refractivity (Wildman–Crippen MR) is 74.1 cm³/mol. The summed E-state index contributed by atoms with van der Waals surface area (Å²) in [5, 5.41) is 18.5. The molecule has 2 rings (SSSR count). The number of thioether (sulfide) groups is 1. The van der Waals surface area contributed by atoms with E-state index in [1.54, 1.807) is 18.7 Å². The third kappa shape index (κ3) is 3.18. The molecule has 0 aliphatic heterocycles. The van der Waals surface area contributed by atoms with Crippen LogP contribution in [0.1, 0.15) is 11.7 Å². The van der Waals surface area contributed by atoms with Gasteiger partial charge in [0.05, 0.1) is 13.2 Å². The largest absolute Gasteiger partial charge is 0.497 e. The molecule has 6 nitrogen and oxygen atoms in total. The van der Waals surface area contributed by atoms with Crippen molar-refractivity contribution in [2.24, 2.45) is 7.05 Å². The minimum absolute atomic E-state index is 0.360. The van der Waals surface area contributed by atoms with Gasteiger partial charge >= 0.3 is 0 Å². The van der Waals surface area contributed by atoms with Gasteiger partial charge in [0.15, 0.2) is 5.16 Å². The Balaban J connectivity index is 2.01. The van der Waals surface area contributed by atoms with E-state index < -0.39 is 6.10 Å². The van der Waals surface area contributed by atoms with Crippen molar-refractivity contribution in [2.75, 3.05) is 18.6 Å². The first kappa shape index (κ1) is 13.7. The van der Waals surface area contributed by atoms with Gasteiger partial charge in [0.25, 0.3) is 0 Å². The van der Waals surface area contributed by atoms with Crippen LogP contribution in [0, 0.1) is 0 Å². The second-order valence-corrected chi connectivity index (χ2v) is 4.99. The molecular weight excluding hydrogens is 264 g/mol. The van der Waals surface area contributed by atoms with Crippen molar-refractivity contribution in [3.8, 4) is 5.75 Å². The van der Waals surface area contributed by atoms with Crippen LogP contribution in [0.2, 0.25) is 0 Å². The summed E-state index contributed by atoms with van der Waals surface area (Å²) >= 11 is 1.40. The van der Waals surface area contributed by atoms with E-state index in [4.69, 9.17) is 10.5 Å². The molecule has 1 aromatic heterocycles. The van der Waals surface area contributed by atoms with Crippen LogP contribution in [0.4, 0.5) is 5.95 Å². The maximum atomic E-state index is 10.1. The Morgan fingerprint density at radius 3 is 2.89 bits per heavy atom. The molecule has 0 fully saturated rings. The molecule has 102 valence electrons. The van der Waals surface area contributed by atoms with E-state index >= 15 is 0 Å². The Kier molecular flexibility index (Phi) is 4.28. The number of aromatic nitrogens is 3. The van der Waals surface area contributed by atoms with Crippen molar-refractivity contribution >= 4 is 17.7 Å². The summed E-state index contributed by atoms with van der Waals surface area (Å²) in [4.78, 5) is 0. The lowest BCUT2D eigenvalue weighted by molar-refractivity contribution is 0.203. The zero-order chi connectivity index (χ0) is 13.8. The van der Waals surface area contributed by atoms with Gasteiger partial charge in [0, 0.05) is 12.8 Å². The van der Waals surface area contributed by atoms with Crippen LogP contribution in [-0.2, 0) is 7.05 Å². The summed E-state index contributed by atoms with van der Waals surface area (Å²) in [6, 6.07) is 7.37. The second-order valence-electron chi connectivity index (χ2n) is 4.00. The number of aliphatic hydroxyl groups is 1. The topological polar surface area (TPSA) is 86.2 Å². The van der Waals surface area contributed by atoms with Gasteiger partial charge < -0.3 is 15.6 Å². The van der Waals surface area contributed by atoms with Crippen molar-refractivity contribution in [1.82, 2.24) is 14.8 Å². The maximum absolute atomic E-state index is 10.1. The molecule has 7 heteroatoms. The Bertz CT molecular complexity index is 558. The number of aliphatic hydroxyl groups excluding tert-OH is 1.